The highest BCUT2D eigenvalue weighted by atomic mass is 16.5. The Bertz CT molecular complexity index is 1020. The van der Waals surface area contributed by atoms with Crippen LogP contribution in [-0.2, 0) is 21.6 Å². The molecule has 1 aliphatic rings. The Morgan fingerprint density at radius 1 is 1.07 bits per heavy atom. The zero-order valence-electron chi connectivity index (χ0n) is 16.3. The Morgan fingerprint density at radius 2 is 1.79 bits per heavy atom. The number of carbonyl (C=O) groups excluding carboxylic acids is 1. The van der Waals surface area contributed by atoms with Crippen molar-refractivity contribution in [2.24, 2.45) is 0 Å². The number of aryl methyl sites for hydroxylation is 1. The molecule has 29 heavy (non-hydrogen) atoms. The summed E-state index contributed by atoms with van der Waals surface area (Å²) in [6, 6.07) is 17.6. The molecule has 0 aliphatic heterocycles. The van der Waals surface area contributed by atoms with Crippen LogP contribution in [0, 0.1) is 6.92 Å². The van der Waals surface area contributed by atoms with Crippen LogP contribution in [0.1, 0.15) is 36.2 Å². The van der Waals surface area contributed by atoms with Gasteiger partial charge in [0.25, 0.3) is 0 Å². The van der Waals surface area contributed by atoms with Crippen molar-refractivity contribution in [2.75, 3.05) is 11.1 Å². The van der Waals surface area contributed by atoms with Crippen molar-refractivity contribution in [1.29, 1.82) is 0 Å². The fourth-order valence-corrected chi connectivity index (χ4v) is 3.56. The number of rotatable bonds is 6. The molecule has 1 heterocycles. The molecule has 1 aromatic heterocycles. The average Bonchev–Trinajstić information content (AvgIpc) is 2.68. The van der Waals surface area contributed by atoms with E-state index < -0.39 is 5.41 Å². The summed E-state index contributed by atoms with van der Waals surface area (Å²) < 4.78 is 5.60. The third-order valence-electron chi connectivity index (χ3n) is 5.35. The second-order valence-electron chi connectivity index (χ2n) is 7.25. The first-order chi connectivity index (χ1) is 14.1. The van der Waals surface area contributed by atoms with Crippen molar-refractivity contribution in [3.8, 4) is 0 Å². The van der Waals surface area contributed by atoms with Gasteiger partial charge in [0.1, 0.15) is 0 Å². The maximum absolute atomic E-state index is 12.9. The van der Waals surface area contributed by atoms with Crippen LogP contribution < -0.4 is 11.1 Å². The number of nitrogens with zero attached hydrogens (tertiary/aromatic N) is 3. The van der Waals surface area contributed by atoms with Crippen molar-refractivity contribution in [3.05, 3.63) is 71.5 Å². The summed E-state index contributed by atoms with van der Waals surface area (Å²) in [4.78, 5) is 25.5. The van der Waals surface area contributed by atoms with Gasteiger partial charge in [0, 0.05) is 5.69 Å². The van der Waals surface area contributed by atoms with Crippen LogP contribution in [0.3, 0.4) is 0 Å². The van der Waals surface area contributed by atoms with Gasteiger partial charge in [0.15, 0.2) is 12.4 Å². The van der Waals surface area contributed by atoms with Crippen LogP contribution in [-0.4, -0.2) is 20.9 Å². The van der Waals surface area contributed by atoms with E-state index in [-0.39, 0.29) is 18.5 Å². The first kappa shape index (κ1) is 18.9. The number of hydrogen-bond acceptors (Lipinski definition) is 7. The predicted molar refractivity (Wildman–Crippen MR) is 110 cm³/mol. The molecule has 0 saturated heterocycles. The largest absolute Gasteiger partial charge is 0.457 e. The first-order valence-electron chi connectivity index (χ1n) is 9.63. The van der Waals surface area contributed by atoms with Crippen molar-refractivity contribution in [2.45, 2.75) is 38.2 Å². The highest BCUT2D eigenvalue weighted by molar-refractivity contribution is 5.84. The van der Waals surface area contributed by atoms with E-state index in [1.165, 1.54) is 0 Å². The molecule has 3 N–H and O–H groups in total. The summed E-state index contributed by atoms with van der Waals surface area (Å²) in [7, 11) is 0. The molecule has 2 aromatic carbocycles. The molecular weight excluding hydrogens is 366 g/mol. The maximum atomic E-state index is 12.9. The molecule has 0 bridgehead atoms. The van der Waals surface area contributed by atoms with Crippen molar-refractivity contribution in [1.82, 2.24) is 15.0 Å². The number of para-hydroxylation sites is 1. The van der Waals surface area contributed by atoms with Gasteiger partial charge in [0.2, 0.25) is 11.9 Å². The fraction of sp³-hybridized carbons (Fsp3) is 0.273. The molecule has 4 rings (SSSR count). The van der Waals surface area contributed by atoms with Crippen LogP contribution >= 0.6 is 0 Å². The van der Waals surface area contributed by atoms with E-state index in [1.54, 1.807) is 0 Å². The van der Waals surface area contributed by atoms with E-state index in [2.05, 4.69) is 20.3 Å². The van der Waals surface area contributed by atoms with E-state index in [4.69, 9.17) is 10.5 Å². The van der Waals surface area contributed by atoms with E-state index in [9.17, 15) is 4.79 Å². The molecular formula is C22H23N5O2. The summed E-state index contributed by atoms with van der Waals surface area (Å²) >= 11 is 0. The number of nitrogens with two attached hydrogens (primary N) is 1. The van der Waals surface area contributed by atoms with Gasteiger partial charge in [-0.25, -0.2) is 0 Å². The smallest absolute Gasteiger partial charge is 0.317 e. The minimum atomic E-state index is -0.567. The first-order valence-corrected chi connectivity index (χ1v) is 9.63. The SMILES string of the molecule is Cc1ccccc1Nc1nc(N)nc(COC(=O)C2(c3ccccc3)CCC2)n1. The number of aromatic nitrogens is 3. The van der Waals surface area contributed by atoms with Crippen molar-refractivity contribution >= 4 is 23.6 Å². The van der Waals surface area contributed by atoms with E-state index in [1.807, 2.05) is 61.5 Å². The lowest BCUT2D eigenvalue weighted by Crippen LogP contribution is -2.43. The Kier molecular flexibility index (Phi) is 5.12. The van der Waals surface area contributed by atoms with Gasteiger partial charge in [-0.15, -0.1) is 0 Å². The second-order valence-corrected chi connectivity index (χ2v) is 7.25. The van der Waals surface area contributed by atoms with Gasteiger partial charge in [-0.2, -0.15) is 15.0 Å². The molecule has 7 nitrogen and oxygen atoms in total. The lowest BCUT2D eigenvalue weighted by molar-refractivity contribution is -0.156. The summed E-state index contributed by atoms with van der Waals surface area (Å²) in [5.41, 5.74) is 8.18. The number of anilines is 3. The number of carbonyl (C=O) groups is 1. The topological polar surface area (TPSA) is 103 Å². The van der Waals surface area contributed by atoms with E-state index in [0.717, 1.165) is 36.1 Å². The third-order valence-corrected chi connectivity index (χ3v) is 5.35. The van der Waals surface area contributed by atoms with Gasteiger partial charge in [-0.1, -0.05) is 55.0 Å². The maximum Gasteiger partial charge on any atom is 0.317 e. The minimum absolute atomic E-state index is 0.0530. The van der Waals surface area contributed by atoms with Gasteiger partial charge in [-0.3, -0.25) is 4.79 Å². The van der Waals surface area contributed by atoms with Crippen molar-refractivity contribution < 1.29 is 9.53 Å². The Morgan fingerprint density at radius 3 is 2.48 bits per heavy atom. The number of hydrogen-bond donors (Lipinski definition) is 2. The summed E-state index contributed by atoms with van der Waals surface area (Å²) in [5, 5.41) is 3.14. The third kappa shape index (κ3) is 3.89. The van der Waals surface area contributed by atoms with E-state index in [0.29, 0.717) is 11.8 Å². The Hall–Kier alpha value is -3.48. The molecule has 1 aliphatic carbocycles. The van der Waals surface area contributed by atoms with Crippen LogP contribution in [0.2, 0.25) is 0 Å². The molecule has 3 aromatic rings. The molecule has 0 spiro atoms. The quantitative estimate of drug-likeness (QED) is 0.620. The lowest BCUT2D eigenvalue weighted by Gasteiger charge is -2.39. The summed E-state index contributed by atoms with van der Waals surface area (Å²) in [5.74, 6) is 0.453. The molecule has 148 valence electrons. The molecule has 0 unspecified atom stereocenters. The van der Waals surface area contributed by atoms with Crippen LogP contribution in [0.15, 0.2) is 54.6 Å². The number of ether oxygens (including phenoxy) is 1. The predicted octanol–water partition coefficient (Wildman–Crippen LogP) is 3.67. The molecule has 0 amide bonds. The normalized spacial score (nSPS) is 14.7. The summed E-state index contributed by atoms with van der Waals surface area (Å²) in [6.45, 7) is 1.93. The average molecular weight is 389 g/mol. The molecule has 1 saturated carbocycles. The highest BCUT2D eigenvalue weighted by Crippen LogP contribution is 2.44. The molecule has 7 heteroatoms. The number of nitrogen functional groups attached to an aromatic ring is 1. The number of nitrogens with one attached hydrogen (secondary N) is 1. The minimum Gasteiger partial charge on any atom is -0.457 e. The molecule has 0 radical (unpaired) electrons. The van der Waals surface area contributed by atoms with Crippen LogP contribution in [0.25, 0.3) is 0 Å². The second kappa shape index (κ2) is 7.87. The Balaban J connectivity index is 1.48. The van der Waals surface area contributed by atoms with Crippen LogP contribution in [0.5, 0.6) is 0 Å². The number of esters is 1. The molecule has 1 fully saturated rings. The van der Waals surface area contributed by atoms with Gasteiger partial charge < -0.3 is 15.8 Å². The van der Waals surface area contributed by atoms with Crippen LogP contribution in [0.4, 0.5) is 17.6 Å². The van der Waals surface area contributed by atoms with Crippen molar-refractivity contribution in [3.63, 3.8) is 0 Å². The zero-order chi connectivity index (χ0) is 20.3. The van der Waals surface area contributed by atoms with Gasteiger partial charge in [-0.05, 0) is 37.0 Å². The Labute approximate surface area is 169 Å². The zero-order valence-corrected chi connectivity index (χ0v) is 16.3. The molecule has 0 atom stereocenters. The van der Waals surface area contributed by atoms with E-state index >= 15 is 0 Å². The van der Waals surface area contributed by atoms with Gasteiger partial charge >= 0.3 is 5.97 Å². The van der Waals surface area contributed by atoms with Gasteiger partial charge in [0.05, 0.1) is 5.41 Å². The highest BCUT2D eigenvalue weighted by Gasteiger charge is 2.47. The fourth-order valence-electron chi connectivity index (χ4n) is 3.56. The number of benzene rings is 2. The lowest BCUT2D eigenvalue weighted by atomic mass is 9.64. The standard InChI is InChI=1S/C22H23N5O2/c1-15-8-5-6-11-17(15)24-21-26-18(25-20(23)27-21)14-29-19(28)22(12-7-13-22)16-9-3-2-4-10-16/h2-6,8-11H,7,12-14H2,1H3,(H3,23,24,25,26,27). The summed E-state index contributed by atoms with van der Waals surface area (Å²) in [6.07, 6.45) is 2.58. The monoisotopic (exact) mass is 389 g/mol.